The van der Waals surface area contributed by atoms with Gasteiger partial charge in [-0.15, -0.1) is 0 Å². The molecule has 1 aliphatic carbocycles. The van der Waals surface area contributed by atoms with Gasteiger partial charge in [-0.05, 0) is 73.1 Å². The van der Waals surface area contributed by atoms with Gasteiger partial charge in [-0.25, -0.2) is 9.59 Å². The molecule has 1 aliphatic rings. The first kappa shape index (κ1) is 40.4. The highest BCUT2D eigenvalue weighted by atomic mass is 16.5. The fraction of sp³-hybridized carbons (Fsp3) is 0.277. The maximum atomic E-state index is 14.2. The van der Waals surface area contributed by atoms with Crippen molar-refractivity contribution in [3.63, 3.8) is 0 Å². The molecule has 0 fully saturated rings. The Labute approximate surface area is 333 Å². The standard InChI is InChI=1S/C47H49N3O7/c1-31(57-46(2,3)4)42(44(53)54)49-43(52)40(48-45(55)56-30-39-37-26-16-14-24-35(37)36-25-15-17-27-38(36)39)28-29-41(51)50-47(32-18-8-5-9-19-32,33-20-10-6-11-21-33)34-22-12-7-13-23-34/h5-27,31,39-40,42H,28-30H2,1-4H3,(H,48,55)(H,49,52)(H,50,51)(H,53,54)/t31-,40-,42+/m1/s1. The monoisotopic (exact) mass is 767 g/mol. The summed E-state index contributed by atoms with van der Waals surface area (Å²) in [6.45, 7) is 6.90. The van der Waals surface area contributed by atoms with Crippen molar-refractivity contribution in [1.29, 1.82) is 0 Å². The van der Waals surface area contributed by atoms with Crippen molar-refractivity contribution >= 4 is 23.9 Å². The van der Waals surface area contributed by atoms with Gasteiger partial charge in [0.05, 0.1) is 11.7 Å². The van der Waals surface area contributed by atoms with Crippen LogP contribution in [0.3, 0.4) is 0 Å². The largest absolute Gasteiger partial charge is 0.480 e. The lowest BCUT2D eigenvalue weighted by Gasteiger charge is -2.37. The van der Waals surface area contributed by atoms with Crippen LogP contribution in [-0.4, -0.2) is 59.4 Å². The van der Waals surface area contributed by atoms with Crippen molar-refractivity contribution in [3.8, 4) is 11.1 Å². The van der Waals surface area contributed by atoms with Crippen molar-refractivity contribution < 1.29 is 33.8 Å². The molecule has 10 heteroatoms. The van der Waals surface area contributed by atoms with Crippen LogP contribution in [0, 0.1) is 0 Å². The van der Waals surface area contributed by atoms with Crippen molar-refractivity contribution in [3.05, 3.63) is 167 Å². The molecule has 294 valence electrons. The Hall–Kier alpha value is -6.26. The summed E-state index contributed by atoms with van der Waals surface area (Å²) in [5, 5.41) is 18.6. The first-order chi connectivity index (χ1) is 27.4. The summed E-state index contributed by atoms with van der Waals surface area (Å²) in [5.41, 5.74) is 4.83. The minimum atomic E-state index is -1.45. The number of benzene rings is 5. The molecule has 0 saturated heterocycles. The molecule has 0 spiro atoms. The number of carbonyl (C=O) groups excluding carboxylic acids is 3. The zero-order chi connectivity index (χ0) is 40.6. The zero-order valence-corrected chi connectivity index (χ0v) is 32.6. The SMILES string of the molecule is C[C@@H](OC(C)(C)C)[C@H](NC(=O)[C@@H](CCC(=O)NC(c1ccccc1)(c1ccccc1)c1ccccc1)NC(=O)OCC1c2ccccc2-c2ccccc21)C(=O)O. The average Bonchev–Trinajstić information content (AvgIpc) is 3.53. The number of aliphatic carboxylic acids is 1. The number of carboxylic acid groups (broad SMARTS) is 1. The Kier molecular flexibility index (Phi) is 12.5. The second-order valence-corrected chi connectivity index (χ2v) is 15.2. The summed E-state index contributed by atoms with van der Waals surface area (Å²) >= 11 is 0. The van der Waals surface area contributed by atoms with Gasteiger partial charge in [0.2, 0.25) is 11.8 Å². The zero-order valence-electron chi connectivity index (χ0n) is 32.6. The second-order valence-electron chi connectivity index (χ2n) is 15.2. The summed E-state index contributed by atoms with van der Waals surface area (Å²) in [6, 6.07) is 41.9. The molecule has 4 N–H and O–H groups in total. The summed E-state index contributed by atoms with van der Waals surface area (Å²) in [7, 11) is 0. The van der Waals surface area contributed by atoms with E-state index in [2.05, 4.69) is 16.0 Å². The third-order valence-electron chi connectivity index (χ3n) is 10.1. The van der Waals surface area contributed by atoms with Crippen LogP contribution >= 0.6 is 0 Å². The van der Waals surface area contributed by atoms with E-state index < -0.39 is 53.2 Å². The lowest BCUT2D eigenvalue weighted by Crippen LogP contribution is -2.56. The average molecular weight is 768 g/mol. The molecular weight excluding hydrogens is 719 g/mol. The molecule has 0 radical (unpaired) electrons. The fourth-order valence-corrected chi connectivity index (χ4v) is 7.64. The minimum absolute atomic E-state index is 0.00333. The summed E-state index contributed by atoms with van der Waals surface area (Å²) < 4.78 is 11.7. The molecule has 5 aromatic rings. The first-order valence-corrected chi connectivity index (χ1v) is 19.2. The Morgan fingerprint density at radius 1 is 0.667 bits per heavy atom. The Balaban J connectivity index is 1.25. The molecule has 0 heterocycles. The van der Waals surface area contributed by atoms with E-state index in [0.29, 0.717) is 0 Å². The minimum Gasteiger partial charge on any atom is -0.480 e. The van der Waals surface area contributed by atoms with E-state index in [1.165, 1.54) is 0 Å². The van der Waals surface area contributed by atoms with E-state index >= 15 is 0 Å². The van der Waals surface area contributed by atoms with E-state index in [9.17, 15) is 24.3 Å². The number of carboxylic acids is 1. The van der Waals surface area contributed by atoms with Crippen LogP contribution in [-0.2, 0) is 29.4 Å². The van der Waals surface area contributed by atoms with Gasteiger partial charge < -0.3 is 30.5 Å². The molecule has 0 aliphatic heterocycles. The van der Waals surface area contributed by atoms with Gasteiger partial charge in [0.25, 0.3) is 0 Å². The number of rotatable bonds is 15. The molecule has 0 bridgehead atoms. The molecule has 0 unspecified atom stereocenters. The lowest BCUT2D eigenvalue weighted by atomic mass is 9.77. The van der Waals surface area contributed by atoms with Gasteiger partial charge in [0.1, 0.15) is 18.2 Å². The van der Waals surface area contributed by atoms with E-state index in [-0.39, 0.29) is 25.4 Å². The second kappa shape index (κ2) is 17.7. The van der Waals surface area contributed by atoms with Gasteiger partial charge in [-0.3, -0.25) is 9.59 Å². The normalized spacial score (nSPS) is 14.0. The Bertz CT molecular complexity index is 2030. The molecule has 5 aromatic carbocycles. The van der Waals surface area contributed by atoms with Gasteiger partial charge in [0.15, 0.2) is 6.04 Å². The highest BCUT2D eigenvalue weighted by Gasteiger charge is 2.39. The van der Waals surface area contributed by atoms with Gasteiger partial charge >= 0.3 is 12.1 Å². The number of hydrogen-bond donors (Lipinski definition) is 4. The highest BCUT2D eigenvalue weighted by Crippen LogP contribution is 2.44. The first-order valence-electron chi connectivity index (χ1n) is 19.2. The molecule has 0 aromatic heterocycles. The number of amides is 3. The maximum Gasteiger partial charge on any atom is 0.407 e. The van der Waals surface area contributed by atoms with Crippen LogP contribution in [0.2, 0.25) is 0 Å². The summed E-state index contributed by atoms with van der Waals surface area (Å²) in [5.74, 6) is -2.74. The van der Waals surface area contributed by atoms with Gasteiger partial charge in [-0.2, -0.15) is 0 Å². The Morgan fingerprint density at radius 3 is 1.58 bits per heavy atom. The maximum absolute atomic E-state index is 14.2. The number of hydrogen-bond acceptors (Lipinski definition) is 6. The quantitative estimate of drug-likeness (QED) is 0.0806. The number of fused-ring (bicyclic) bond motifs is 3. The third kappa shape index (κ3) is 9.41. The lowest BCUT2D eigenvalue weighted by molar-refractivity contribution is -0.150. The molecular formula is C47H49N3O7. The van der Waals surface area contributed by atoms with Gasteiger partial charge in [-0.1, -0.05) is 140 Å². The van der Waals surface area contributed by atoms with Crippen LogP contribution in [0.1, 0.15) is 74.3 Å². The smallest absolute Gasteiger partial charge is 0.407 e. The molecule has 6 rings (SSSR count). The van der Waals surface area contributed by atoms with Gasteiger partial charge in [0, 0.05) is 12.3 Å². The highest BCUT2D eigenvalue weighted by molar-refractivity contribution is 5.90. The molecule has 3 amide bonds. The number of carbonyl (C=O) groups is 4. The van der Waals surface area contributed by atoms with Crippen molar-refractivity contribution in [1.82, 2.24) is 16.0 Å². The Morgan fingerprint density at radius 2 is 1.12 bits per heavy atom. The van der Waals surface area contributed by atoms with Crippen molar-refractivity contribution in [2.75, 3.05) is 6.61 Å². The van der Waals surface area contributed by atoms with Crippen LogP contribution in [0.4, 0.5) is 4.79 Å². The van der Waals surface area contributed by atoms with E-state index in [0.717, 1.165) is 38.9 Å². The topological polar surface area (TPSA) is 143 Å². The van der Waals surface area contributed by atoms with Crippen molar-refractivity contribution in [2.24, 2.45) is 0 Å². The number of ether oxygens (including phenoxy) is 2. The van der Waals surface area contributed by atoms with Crippen LogP contribution in [0.25, 0.3) is 11.1 Å². The van der Waals surface area contributed by atoms with E-state index in [1.54, 1.807) is 27.7 Å². The van der Waals surface area contributed by atoms with E-state index in [1.807, 2.05) is 140 Å². The molecule has 57 heavy (non-hydrogen) atoms. The number of nitrogens with one attached hydrogen (secondary N) is 3. The third-order valence-corrected chi connectivity index (χ3v) is 10.1. The molecule has 0 saturated carbocycles. The van der Waals surface area contributed by atoms with Crippen molar-refractivity contribution in [2.45, 2.75) is 75.8 Å². The molecule has 10 nitrogen and oxygen atoms in total. The predicted octanol–water partition coefficient (Wildman–Crippen LogP) is 7.56. The summed E-state index contributed by atoms with van der Waals surface area (Å²) in [4.78, 5) is 54.2. The number of alkyl carbamates (subject to hydrolysis) is 1. The van der Waals surface area contributed by atoms with Crippen LogP contribution in [0.15, 0.2) is 140 Å². The van der Waals surface area contributed by atoms with Crippen LogP contribution in [0.5, 0.6) is 0 Å². The fourth-order valence-electron chi connectivity index (χ4n) is 7.64. The molecule has 3 atom stereocenters. The predicted molar refractivity (Wildman–Crippen MR) is 218 cm³/mol. The van der Waals surface area contributed by atoms with E-state index in [4.69, 9.17) is 9.47 Å². The summed E-state index contributed by atoms with van der Waals surface area (Å²) in [6.07, 6.45) is -2.18. The van der Waals surface area contributed by atoms with Crippen LogP contribution < -0.4 is 16.0 Å².